The first-order chi connectivity index (χ1) is 10.0. The Morgan fingerprint density at radius 2 is 2.05 bits per heavy atom. The topological polar surface area (TPSA) is 92.2 Å². The van der Waals surface area contributed by atoms with Crippen molar-refractivity contribution in [3.8, 4) is 0 Å². The van der Waals surface area contributed by atoms with Crippen LogP contribution in [-0.2, 0) is 4.79 Å². The first-order valence-corrected chi connectivity index (χ1v) is 9.05. The summed E-state index contributed by atoms with van der Waals surface area (Å²) in [6.45, 7) is 4.48. The number of rotatable bonds is 9. The second-order valence-corrected chi connectivity index (χ2v) is 7.22. The molecule has 1 heterocycles. The van der Waals surface area contributed by atoms with Crippen LogP contribution < -0.4 is 5.32 Å². The number of aromatic nitrogens is 2. The van der Waals surface area contributed by atoms with Crippen molar-refractivity contribution in [2.24, 2.45) is 0 Å². The molecule has 0 aliphatic heterocycles. The van der Waals surface area contributed by atoms with Crippen molar-refractivity contribution in [2.45, 2.75) is 26.2 Å². The maximum Gasteiger partial charge on any atom is 0.304 e. The van der Waals surface area contributed by atoms with Crippen LogP contribution in [0.3, 0.4) is 0 Å². The van der Waals surface area contributed by atoms with E-state index in [0.717, 1.165) is 11.4 Å². The second kappa shape index (κ2) is 9.62. The van der Waals surface area contributed by atoms with E-state index in [-0.39, 0.29) is 18.2 Å². The monoisotopic (exact) mass is 329 g/mol. The van der Waals surface area contributed by atoms with Gasteiger partial charge in [0.2, 0.25) is 0 Å². The lowest BCUT2D eigenvalue weighted by Crippen LogP contribution is -2.27. The SMILES string of the molecule is CC(C)c1ncncc1C(=O)NCCSSCCC(=O)O. The number of aliphatic carboxylic acids is 1. The largest absolute Gasteiger partial charge is 0.481 e. The zero-order valence-electron chi connectivity index (χ0n) is 12.0. The number of hydrogen-bond acceptors (Lipinski definition) is 6. The molecule has 0 atom stereocenters. The lowest BCUT2D eigenvalue weighted by atomic mass is 10.1. The minimum absolute atomic E-state index is 0.156. The van der Waals surface area contributed by atoms with Gasteiger partial charge >= 0.3 is 5.97 Å². The average molecular weight is 329 g/mol. The average Bonchev–Trinajstić information content (AvgIpc) is 2.45. The molecule has 21 heavy (non-hydrogen) atoms. The number of nitrogens with zero attached hydrogens (tertiary/aromatic N) is 2. The van der Waals surface area contributed by atoms with Crippen LogP contribution in [0.1, 0.15) is 42.2 Å². The Morgan fingerprint density at radius 3 is 2.71 bits per heavy atom. The molecule has 1 amide bonds. The molecule has 8 heteroatoms. The van der Waals surface area contributed by atoms with E-state index < -0.39 is 5.97 Å². The van der Waals surface area contributed by atoms with Crippen molar-refractivity contribution in [2.75, 3.05) is 18.1 Å². The maximum absolute atomic E-state index is 12.1. The summed E-state index contributed by atoms with van der Waals surface area (Å²) < 4.78 is 0. The number of carbonyl (C=O) groups is 2. The molecule has 0 saturated carbocycles. The van der Waals surface area contributed by atoms with Gasteiger partial charge in [-0.3, -0.25) is 9.59 Å². The molecule has 0 spiro atoms. The molecule has 1 aromatic rings. The summed E-state index contributed by atoms with van der Waals surface area (Å²) in [5.41, 5.74) is 1.25. The lowest BCUT2D eigenvalue weighted by molar-refractivity contribution is -0.136. The molecule has 0 aliphatic rings. The minimum atomic E-state index is -0.790. The van der Waals surface area contributed by atoms with Crippen molar-refractivity contribution >= 4 is 33.5 Å². The molecule has 1 rings (SSSR count). The van der Waals surface area contributed by atoms with Gasteiger partial charge in [-0.15, -0.1) is 0 Å². The molecule has 0 aromatic carbocycles. The molecular formula is C13H19N3O3S2. The Hall–Kier alpha value is -1.28. The van der Waals surface area contributed by atoms with Crippen molar-refractivity contribution in [1.29, 1.82) is 0 Å². The minimum Gasteiger partial charge on any atom is -0.481 e. The van der Waals surface area contributed by atoms with Crippen molar-refractivity contribution in [3.63, 3.8) is 0 Å². The molecule has 0 bridgehead atoms. The third kappa shape index (κ3) is 6.81. The van der Waals surface area contributed by atoms with Crippen molar-refractivity contribution < 1.29 is 14.7 Å². The van der Waals surface area contributed by atoms with E-state index in [9.17, 15) is 9.59 Å². The molecular weight excluding hydrogens is 310 g/mol. The van der Waals surface area contributed by atoms with Crippen molar-refractivity contribution in [1.82, 2.24) is 15.3 Å². The smallest absolute Gasteiger partial charge is 0.304 e. The molecule has 1 aromatic heterocycles. The quantitative estimate of drug-likeness (QED) is 0.530. The summed E-state index contributed by atoms with van der Waals surface area (Å²) in [7, 11) is 3.05. The highest BCUT2D eigenvalue weighted by Gasteiger charge is 2.14. The zero-order chi connectivity index (χ0) is 15.7. The van der Waals surface area contributed by atoms with Gasteiger partial charge in [0.25, 0.3) is 5.91 Å². The fourth-order valence-corrected chi connectivity index (χ4v) is 3.41. The molecule has 0 radical (unpaired) electrons. The van der Waals surface area contributed by atoms with Crippen LogP contribution in [0, 0.1) is 0 Å². The van der Waals surface area contributed by atoms with Gasteiger partial charge in [0.1, 0.15) is 6.33 Å². The normalized spacial score (nSPS) is 10.6. The van der Waals surface area contributed by atoms with E-state index in [1.54, 1.807) is 10.8 Å². The van der Waals surface area contributed by atoms with E-state index in [4.69, 9.17) is 5.11 Å². The maximum atomic E-state index is 12.1. The highest BCUT2D eigenvalue weighted by atomic mass is 33.1. The predicted octanol–water partition coefficient (Wildman–Crippen LogP) is 2.19. The summed E-state index contributed by atoms with van der Waals surface area (Å²) in [6.07, 6.45) is 3.14. The summed E-state index contributed by atoms with van der Waals surface area (Å²) in [4.78, 5) is 30.4. The molecule has 0 unspecified atom stereocenters. The van der Waals surface area contributed by atoms with Crippen LogP contribution in [0.4, 0.5) is 0 Å². The van der Waals surface area contributed by atoms with Crippen LogP contribution in [0.5, 0.6) is 0 Å². The summed E-state index contributed by atoms with van der Waals surface area (Å²) >= 11 is 0. The summed E-state index contributed by atoms with van der Waals surface area (Å²) in [5.74, 6) is 0.491. The fraction of sp³-hybridized carbons (Fsp3) is 0.538. The van der Waals surface area contributed by atoms with Crippen LogP contribution in [-0.4, -0.2) is 45.0 Å². The van der Waals surface area contributed by atoms with E-state index in [0.29, 0.717) is 17.9 Å². The van der Waals surface area contributed by atoms with Crippen molar-refractivity contribution in [3.05, 3.63) is 23.8 Å². The summed E-state index contributed by atoms with van der Waals surface area (Å²) in [6, 6.07) is 0. The van der Waals surface area contributed by atoms with Gasteiger partial charge in [0.15, 0.2) is 0 Å². The molecule has 0 aliphatic carbocycles. The Balaban J connectivity index is 2.30. The van der Waals surface area contributed by atoms with Gasteiger partial charge in [-0.2, -0.15) is 0 Å². The van der Waals surface area contributed by atoms with E-state index in [1.807, 2.05) is 13.8 Å². The standard InChI is InChI=1S/C13H19N3O3S2/c1-9(2)12-10(7-14-8-16-12)13(19)15-4-6-21-20-5-3-11(17)18/h7-9H,3-6H2,1-2H3,(H,15,19)(H,17,18). The highest BCUT2D eigenvalue weighted by Crippen LogP contribution is 2.21. The number of carbonyl (C=O) groups excluding carboxylic acids is 1. The number of nitrogens with one attached hydrogen (secondary N) is 1. The lowest BCUT2D eigenvalue weighted by Gasteiger charge is -2.10. The van der Waals surface area contributed by atoms with Crippen LogP contribution in [0.15, 0.2) is 12.5 Å². The van der Waals surface area contributed by atoms with Crippen LogP contribution in [0.25, 0.3) is 0 Å². The fourth-order valence-electron chi connectivity index (χ4n) is 1.52. The Labute approximate surface area is 131 Å². The van der Waals surface area contributed by atoms with Gasteiger partial charge in [-0.05, 0) is 5.92 Å². The van der Waals surface area contributed by atoms with E-state index in [2.05, 4.69) is 15.3 Å². The Morgan fingerprint density at radius 1 is 1.33 bits per heavy atom. The molecule has 116 valence electrons. The number of carboxylic acids is 1. The second-order valence-electron chi connectivity index (χ2n) is 4.52. The van der Waals surface area contributed by atoms with Gasteiger partial charge in [0, 0.05) is 24.2 Å². The zero-order valence-corrected chi connectivity index (χ0v) is 13.7. The predicted molar refractivity (Wildman–Crippen MR) is 85.6 cm³/mol. The van der Waals surface area contributed by atoms with Gasteiger partial charge in [-0.25, -0.2) is 9.97 Å². The highest BCUT2D eigenvalue weighted by molar-refractivity contribution is 8.76. The first kappa shape index (κ1) is 17.8. The molecule has 0 fully saturated rings. The van der Waals surface area contributed by atoms with Gasteiger partial charge in [0.05, 0.1) is 17.7 Å². The number of carboxylic acid groups (broad SMARTS) is 1. The summed E-state index contributed by atoms with van der Waals surface area (Å²) in [5, 5.41) is 11.3. The third-order valence-corrected chi connectivity index (χ3v) is 4.90. The van der Waals surface area contributed by atoms with Gasteiger partial charge in [-0.1, -0.05) is 35.4 Å². The molecule has 2 N–H and O–H groups in total. The Kier molecular flexibility index (Phi) is 8.14. The number of amides is 1. The van der Waals surface area contributed by atoms with E-state index >= 15 is 0 Å². The third-order valence-electron chi connectivity index (χ3n) is 2.49. The molecule has 0 saturated heterocycles. The number of hydrogen-bond donors (Lipinski definition) is 2. The van der Waals surface area contributed by atoms with Crippen LogP contribution in [0.2, 0.25) is 0 Å². The molecule has 6 nitrogen and oxygen atoms in total. The van der Waals surface area contributed by atoms with E-state index in [1.165, 1.54) is 23.3 Å². The first-order valence-electron chi connectivity index (χ1n) is 6.56. The van der Waals surface area contributed by atoms with Gasteiger partial charge < -0.3 is 10.4 Å². The Bertz CT molecular complexity index is 483. The van der Waals surface area contributed by atoms with Crippen LogP contribution >= 0.6 is 21.6 Å².